The van der Waals surface area contributed by atoms with Crippen LogP contribution < -0.4 is 0 Å². The second-order valence-electron chi connectivity index (χ2n) is 10.2. The zero-order valence-corrected chi connectivity index (χ0v) is 21.1. The van der Waals surface area contributed by atoms with E-state index < -0.39 is 0 Å². The smallest absolute Gasteiger partial charge is 0.229 e. The van der Waals surface area contributed by atoms with Crippen molar-refractivity contribution in [2.45, 2.75) is 26.2 Å². The van der Waals surface area contributed by atoms with Crippen LogP contribution >= 0.6 is 0 Å². The van der Waals surface area contributed by atoms with Gasteiger partial charge in [-0.1, -0.05) is 81.4 Å². The van der Waals surface area contributed by atoms with Crippen molar-refractivity contribution in [2.75, 3.05) is 0 Å². The Morgan fingerprint density at radius 1 is 0.784 bits per heavy atom. The Balaban J connectivity index is 1.48. The van der Waals surface area contributed by atoms with Gasteiger partial charge in [0.2, 0.25) is 5.89 Å². The van der Waals surface area contributed by atoms with Crippen molar-refractivity contribution in [1.29, 1.82) is 0 Å². The fourth-order valence-electron chi connectivity index (χ4n) is 4.56. The summed E-state index contributed by atoms with van der Waals surface area (Å²) in [5.41, 5.74) is 7.23. The lowest BCUT2D eigenvalue weighted by Crippen LogP contribution is -2.11. The summed E-state index contributed by atoms with van der Waals surface area (Å²) in [5.74, 6) is 0.545. The summed E-state index contributed by atoms with van der Waals surface area (Å²) in [6.45, 7) is 6.60. The monoisotopic (exact) mass is 481 g/mol. The van der Waals surface area contributed by atoms with Gasteiger partial charge in [0.15, 0.2) is 5.58 Å². The fraction of sp³-hybridized carbons (Fsp3) is 0.121. The summed E-state index contributed by atoms with van der Waals surface area (Å²) in [4.78, 5) is 14.4. The highest BCUT2D eigenvalue weighted by molar-refractivity contribution is 6.01. The predicted molar refractivity (Wildman–Crippen MR) is 153 cm³/mol. The van der Waals surface area contributed by atoms with Gasteiger partial charge in [0, 0.05) is 23.5 Å². The Labute approximate surface area is 216 Å². The molecule has 2 heterocycles. The molecule has 6 aromatic rings. The quantitative estimate of drug-likeness (QED) is 0.236. The van der Waals surface area contributed by atoms with E-state index in [1.165, 1.54) is 16.3 Å². The molecule has 4 heteroatoms. The third kappa shape index (κ3) is 4.43. The molecule has 0 saturated heterocycles. The number of oxazole rings is 1. The van der Waals surface area contributed by atoms with Crippen molar-refractivity contribution in [1.82, 2.24) is 9.97 Å². The number of hydrogen-bond donors (Lipinski definition) is 0. The molecule has 0 aliphatic carbocycles. The first-order chi connectivity index (χ1) is 18.0. The molecule has 4 nitrogen and oxygen atoms in total. The zero-order valence-electron chi connectivity index (χ0n) is 21.1. The van der Waals surface area contributed by atoms with Crippen LogP contribution in [0.4, 0.5) is 5.69 Å². The first-order valence-electron chi connectivity index (χ1n) is 12.4. The Kier molecular flexibility index (Phi) is 5.65. The minimum Gasteiger partial charge on any atom is -0.436 e. The van der Waals surface area contributed by atoms with E-state index in [0.717, 1.165) is 39.2 Å². The Hall–Kier alpha value is -4.57. The van der Waals surface area contributed by atoms with Crippen molar-refractivity contribution < 1.29 is 4.42 Å². The molecule has 0 spiro atoms. The second kappa shape index (κ2) is 9.14. The molecule has 4 aromatic carbocycles. The lowest BCUT2D eigenvalue weighted by Gasteiger charge is -2.19. The van der Waals surface area contributed by atoms with Gasteiger partial charge in [0.1, 0.15) is 5.52 Å². The standard InChI is InChI=1S/C33H27N3O/c1-33(2,3)24-19-27(29-17-8-9-18-34-29)31-30(20-24)37-32(36-31)26-15-6-7-16-28(26)35-21-23-13-10-12-22-11-4-5-14-25(22)23/h4-21H,1-3H3. The van der Waals surface area contributed by atoms with E-state index in [1.54, 1.807) is 0 Å². The molecule has 37 heavy (non-hydrogen) atoms. The summed E-state index contributed by atoms with van der Waals surface area (Å²) in [6.07, 6.45) is 3.73. The van der Waals surface area contributed by atoms with Crippen molar-refractivity contribution in [3.8, 4) is 22.7 Å². The maximum absolute atomic E-state index is 6.40. The lowest BCUT2D eigenvalue weighted by molar-refractivity contribution is 0.584. The molecular weight excluding hydrogens is 454 g/mol. The van der Waals surface area contributed by atoms with Crippen LogP contribution in [-0.2, 0) is 5.41 Å². The van der Waals surface area contributed by atoms with Crippen LogP contribution in [0.1, 0.15) is 31.9 Å². The SMILES string of the molecule is CC(C)(C)c1cc(-c2ccccn2)c2nc(-c3ccccc3N=Cc3cccc4ccccc34)oc2c1. The maximum atomic E-state index is 6.40. The molecule has 0 bridgehead atoms. The van der Waals surface area contributed by atoms with Crippen LogP contribution in [-0.4, -0.2) is 16.2 Å². The van der Waals surface area contributed by atoms with E-state index in [9.17, 15) is 0 Å². The zero-order chi connectivity index (χ0) is 25.4. The van der Waals surface area contributed by atoms with E-state index in [0.29, 0.717) is 5.89 Å². The Bertz CT molecular complexity index is 1750. The van der Waals surface area contributed by atoms with Gasteiger partial charge in [-0.2, -0.15) is 0 Å². The Morgan fingerprint density at radius 3 is 2.41 bits per heavy atom. The number of aromatic nitrogens is 2. The topological polar surface area (TPSA) is 51.3 Å². The number of rotatable bonds is 4. The summed E-state index contributed by atoms with van der Waals surface area (Å²) >= 11 is 0. The van der Waals surface area contributed by atoms with Gasteiger partial charge in [-0.05, 0) is 58.1 Å². The van der Waals surface area contributed by atoms with Gasteiger partial charge in [-0.25, -0.2) is 4.98 Å². The van der Waals surface area contributed by atoms with Crippen LogP contribution in [0.2, 0.25) is 0 Å². The number of pyridine rings is 1. The molecule has 6 rings (SSSR count). The van der Waals surface area contributed by atoms with Crippen LogP contribution in [0.25, 0.3) is 44.6 Å². The van der Waals surface area contributed by atoms with Crippen LogP contribution in [0.5, 0.6) is 0 Å². The van der Waals surface area contributed by atoms with Crippen molar-refractivity contribution in [3.63, 3.8) is 0 Å². The van der Waals surface area contributed by atoms with Crippen LogP contribution in [0.3, 0.4) is 0 Å². The molecule has 0 amide bonds. The van der Waals surface area contributed by atoms with E-state index in [2.05, 4.69) is 80.4 Å². The largest absolute Gasteiger partial charge is 0.436 e. The number of nitrogens with zero attached hydrogens (tertiary/aromatic N) is 3. The highest BCUT2D eigenvalue weighted by atomic mass is 16.3. The normalized spacial score (nSPS) is 12.1. The van der Waals surface area contributed by atoms with Gasteiger partial charge in [0.25, 0.3) is 0 Å². The first-order valence-corrected chi connectivity index (χ1v) is 12.4. The molecule has 0 saturated carbocycles. The number of para-hydroxylation sites is 1. The molecule has 2 aromatic heterocycles. The molecule has 0 fully saturated rings. The third-order valence-corrected chi connectivity index (χ3v) is 6.60. The molecule has 0 N–H and O–H groups in total. The molecular formula is C33H27N3O. The van der Waals surface area contributed by atoms with Crippen LogP contribution in [0.15, 0.2) is 113 Å². The van der Waals surface area contributed by atoms with Gasteiger partial charge in [-0.15, -0.1) is 0 Å². The summed E-state index contributed by atoms with van der Waals surface area (Å²) < 4.78 is 6.40. The van der Waals surface area contributed by atoms with E-state index in [-0.39, 0.29) is 5.41 Å². The molecule has 0 aliphatic heterocycles. The third-order valence-electron chi connectivity index (χ3n) is 6.60. The average Bonchev–Trinajstić information content (AvgIpc) is 3.36. The lowest BCUT2D eigenvalue weighted by atomic mass is 9.85. The van der Waals surface area contributed by atoms with Gasteiger partial charge in [-0.3, -0.25) is 9.98 Å². The van der Waals surface area contributed by atoms with E-state index in [4.69, 9.17) is 14.4 Å². The van der Waals surface area contributed by atoms with Crippen molar-refractivity contribution >= 4 is 33.8 Å². The number of benzene rings is 4. The van der Waals surface area contributed by atoms with Crippen molar-refractivity contribution in [2.24, 2.45) is 4.99 Å². The first kappa shape index (κ1) is 22.9. The highest BCUT2D eigenvalue weighted by Gasteiger charge is 2.21. The molecule has 0 radical (unpaired) electrons. The van der Waals surface area contributed by atoms with Gasteiger partial charge >= 0.3 is 0 Å². The summed E-state index contributed by atoms with van der Waals surface area (Å²) in [5, 5.41) is 2.36. The van der Waals surface area contributed by atoms with Crippen LogP contribution in [0, 0.1) is 0 Å². The fourth-order valence-corrected chi connectivity index (χ4v) is 4.56. The minimum absolute atomic E-state index is 0.0503. The van der Waals surface area contributed by atoms with E-state index >= 15 is 0 Å². The van der Waals surface area contributed by atoms with Gasteiger partial charge < -0.3 is 4.42 Å². The maximum Gasteiger partial charge on any atom is 0.229 e. The number of aliphatic imine (C=N–C) groups is 1. The molecule has 0 unspecified atom stereocenters. The van der Waals surface area contributed by atoms with Crippen molar-refractivity contribution in [3.05, 3.63) is 114 Å². The summed E-state index contributed by atoms with van der Waals surface area (Å²) in [7, 11) is 0. The predicted octanol–water partition coefficient (Wildman–Crippen LogP) is 8.76. The van der Waals surface area contributed by atoms with E-state index in [1.807, 2.05) is 54.9 Å². The van der Waals surface area contributed by atoms with Gasteiger partial charge in [0.05, 0.1) is 16.9 Å². The molecule has 0 aliphatic rings. The highest BCUT2D eigenvalue weighted by Crippen LogP contribution is 2.38. The molecule has 0 atom stereocenters. The number of hydrogen-bond acceptors (Lipinski definition) is 4. The number of fused-ring (bicyclic) bond motifs is 2. The molecule has 180 valence electrons. The average molecular weight is 482 g/mol. The second-order valence-corrected chi connectivity index (χ2v) is 10.2. The minimum atomic E-state index is -0.0503. The summed E-state index contributed by atoms with van der Waals surface area (Å²) in [6, 6.07) is 32.8. The Morgan fingerprint density at radius 2 is 1.57 bits per heavy atom.